The van der Waals surface area contributed by atoms with Crippen LogP contribution in [0.2, 0.25) is 0 Å². The Labute approximate surface area is 147 Å². The van der Waals surface area contributed by atoms with Gasteiger partial charge in [-0.2, -0.15) is 4.68 Å². The van der Waals surface area contributed by atoms with E-state index in [1.807, 2.05) is 19.2 Å². The van der Waals surface area contributed by atoms with E-state index in [9.17, 15) is 4.79 Å². The monoisotopic (exact) mass is 343 g/mol. The number of nitrogens with one attached hydrogen (secondary N) is 1. The minimum Gasteiger partial charge on any atom is -0.462 e. The van der Waals surface area contributed by atoms with Crippen LogP contribution in [0.4, 0.5) is 0 Å². The van der Waals surface area contributed by atoms with Gasteiger partial charge in [-0.3, -0.25) is 0 Å². The summed E-state index contributed by atoms with van der Waals surface area (Å²) in [4.78, 5) is 12.0. The first-order chi connectivity index (χ1) is 12.1. The van der Waals surface area contributed by atoms with E-state index in [2.05, 4.69) is 27.8 Å². The maximum absolute atomic E-state index is 12.0. The Balaban J connectivity index is 1.97. The SMILES string of the molecule is CCOC(=O)c1cccc(-n2nnnc2C2(NC)CCC(C)CC2)c1. The van der Waals surface area contributed by atoms with E-state index in [0.29, 0.717) is 12.2 Å². The molecule has 0 atom stereocenters. The molecule has 1 N–H and O–H groups in total. The fraction of sp³-hybridized carbons (Fsp3) is 0.556. The van der Waals surface area contributed by atoms with Crippen molar-refractivity contribution in [1.29, 1.82) is 0 Å². The van der Waals surface area contributed by atoms with Crippen LogP contribution in [0.25, 0.3) is 5.69 Å². The average Bonchev–Trinajstić information content (AvgIpc) is 3.13. The highest BCUT2D eigenvalue weighted by Crippen LogP contribution is 2.38. The summed E-state index contributed by atoms with van der Waals surface area (Å²) < 4.78 is 6.82. The number of carbonyl (C=O) groups is 1. The molecule has 134 valence electrons. The Morgan fingerprint density at radius 3 is 2.84 bits per heavy atom. The molecule has 2 aromatic rings. The summed E-state index contributed by atoms with van der Waals surface area (Å²) in [6.07, 6.45) is 4.25. The van der Waals surface area contributed by atoms with Crippen LogP contribution in [0, 0.1) is 5.92 Å². The summed E-state index contributed by atoms with van der Waals surface area (Å²) in [6.45, 7) is 4.42. The van der Waals surface area contributed by atoms with Crippen molar-refractivity contribution in [3.05, 3.63) is 35.7 Å². The molecule has 0 saturated heterocycles. The van der Waals surface area contributed by atoms with Gasteiger partial charge >= 0.3 is 5.97 Å². The van der Waals surface area contributed by atoms with Crippen LogP contribution in [0.5, 0.6) is 0 Å². The predicted octanol–water partition coefficient (Wildman–Crippen LogP) is 2.46. The lowest BCUT2D eigenvalue weighted by Gasteiger charge is -2.38. The third-order valence-electron chi connectivity index (χ3n) is 5.11. The van der Waals surface area contributed by atoms with E-state index < -0.39 is 0 Å². The van der Waals surface area contributed by atoms with Gasteiger partial charge in [-0.1, -0.05) is 13.0 Å². The van der Waals surface area contributed by atoms with Gasteiger partial charge in [-0.05, 0) is 74.2 Å². The number of nitrogens with zero attached hydrogens (tertiary/aromatic N) is 4. The van der Waals surface area contributed by atoms with Crippen LogP contribution in [-0.4, -0.2) is 39.8 Å². The lowest BCUT2D eigenvalue weighted by molar-refractivity contribution is 0.0526. The quantitative estimate of drug-likeness (QED) is 0.840. The molecule has 1 saturated carbocycles. The molecule has 0 bridgehead atoms. The molecule has 7 heteroatoms. The summed E-state index contributed by atoms with van der Waals surface area (Å²) in [5.74, 6) is 1.18. The summed E-state index contributed by atoms with van der Waals surface area (Å²) in [5.41, 5.74) is 1.02. The smallest absolute Gasteiger partial charge is 0.338 e. The highest BCUT2D eigenvalue weighted by atomic mass is 16.5. The Hall–Kier alpha value is -2.28. The second kappa shape index (κ2) is 7.31. The Morgan fingerprint density at radius 2 is 2.16 bits per heavy atom. The van der Waals surface area contributed by atoms with Crippen LogP contribution in [0.15, 0.2) is 24.3 Å². The maximum Gasteiger partial charge on any atom is 0.338 e. The number of carbonyl (C=O) groups excluding carboxylic acids is 1. The molecule has 0 spiro atoms. The average molecular weight is 343 g/mol. The van der Waals surface area contributed by atoms with Crippen molar-refractivity contribution < 1.29 is 9.53 Å². The number of esters is 1. The molecule has 1 heterocycles. The van der Waals surface area contributed by atoms with E-state index in [-0.39, 0.29) is 11.5 Å². The van der Waals surface area contributed by atoms with Gasteiger partial charge in [0.1, 0.15) is 0 Å². The third-order valence-corrected chi connectivity index (χ3v) is 5.11. The van der Waals surface area contributed by atoms with E-state index in [4.69, 9.17) is 4.74 Å². The van der Waals surface area contributed by atoms with E-state index in [0.717, 1.165) is 43.1 Å². The van der Waals surface area contributed by atoms with Crippen LogP contribution < -0.4 is 5.32 Å². The molecule has 1 aromatic carbocycles. The first-order valence-corrected chi connectivity index (χ1v) is 8.85. The van der Waals surface area contributed by atoms with Crippen molar-refractivity contribution >= 4 is 5.97 Å². The molecule has 0 radical (unpaired) electrons. The summed E-state index contributed by atoms with van der Waals surface area (Å²) in [7, 11) is 1.96. The first-order valence-electron chi connectivity index (χ1n) is 8.85. The second-order valence-corrected chi connectivity index (χ2v) is 6.70. The lowest BCUT2D eigenvalue weighted by Crippen LogP contribution is -2.45. The highest BCUT2D eigenvalue weighted by Gasteiger charge is 2.39. The van der Waals surface area contributed by atoms with Crippen molar-refractivity contribution in [3.8, 4) is 5.69 Å². The van der Waals surface area contributed by atoms with Crippen molar-refractivity contribution in [1.82, 2.24) is 25.5 Å². The van der Waals surface area contributed by atoms with Crippen molar-refractivity contribution in [2.45, 2.75) is 45.1 Å². The third kappa shape index (κ3) is 3.42. The topological polar surface area (TPSA) is 81.9 Å². The van der Waals surface area contributed by atoms with E-state index in [1.54, 1.807) is 23.7 Å². The number of hydrogen-bond donors (Lipinski definition) is 1. The predicted molar refractivity (Wildman–Crippen MR) is 93.5 cm³/mol. The molecule has 1 aliphatic carbocycles. The van der Waals surface area contributed by atoms with Crippen molar-refractivity contribution in [3.63, 3.8) is 0 Å². The summed E-state index contributed by atoms with van der Waals surface area (Å²) >= 11 is 0. The van der Waals surface area contributed by atoms with Crippen molar-refractivity contribution in [2.24, 2.45) is 5.92 Å². The van der Waals surface area contributed by atoms with Gasteiger partial charge in [0.05, 0.1) is 23.4 Å². The van der Waals surface area contributed by atoms with Gasteiger partial charge in [0.25, 0.3) is 0 Å². The fourth-order valence-corrected chi connectivity index (χ4v) is 3.48. The van der Waals surface area contributed by atoms with Crippen LogP contribution >= 0.6 is 0 Å². The number of ether oxygens (including phenoxy) is 1. The first kappa shape index (κ1) is 17.5. The summed E-state index contributed by atoms with van der Waals surface area (Å²) in [6, 6.07) is 7.23. The van der Waals surface area contributed by atoms with Crippen molar-refractivity contribution in [2.75, 3.05) is 13.7 Å². The zero-order chi connectivity index (χ0) is 17.9. The molecular formula is C18H25N5O2. The van der Waals surface area contributed by atoms with Gasteiger partial charge in [0, 0.05) is 0 Å². The number of benzene rings is 1. The lowest BCUT2D eigenvalue weighted by atomic mass is 9.76. The highest BCUT2D eigenvalue weighted by molar-refractivity contribution is 5.90. The van der Waals surface area contributed by atoms with Gasteiger partial charge < -0.3 is 10.1 Å². The Kier molecular flexibility index (Phi) is 5.13. The molecule has 25 heavy (non-hydrogen) atoms. The number of rotatable bonds is 5. The number of hydrogen-bond acceptors (Lipinski definition) is 6. The Bertz CT molecular complexity index is 735. The minimum absolute atomic E-state index is 0.240. The molecule has 0 aliphatic heterocycles. The largest absolute Gasteiger partial charge is 0.462 e. The number of tetrazole rings is 1. The molecule has 3 rings (SSSR count). The molecule has 1 aliphatic rings. The maximum atomic E-state index is 12.0. The molecule has 7 nitrogen and oxygen atoms in total. The second-order valence-electron chi connectivity index (χ2n) is 6.70. The van der Waals surface area contributed by atoms with E-state index in [1.165, 1.54) is 0 Å². The van der Waals surface area contributed by atoms with Crippen LogP contribution in [-0.2, 0) is 10.3 Å². The Morgan fingerprint density at radius 1 is 1.40 bits per heavy atom. The van der Waals surface area contributed by atoms with Gasteiger partial charge in [0.2, 0.25) is 0 Å². The van der Waals surface area contributed by atoms with Crippen LogP contribution in [0.3, 0.4) is 0 Å². The van der Waals surface area contributed by atoms with E-state index >= 15 is 0 Å². The van der Waals surface area contributed by atoms with Gasteiger partial charge in [0.15, 0.2) is 5.82 Å². The van der Waals surface area contributed by atoms with Gasteiger partial charge in [-0.15, -0.1) is 5.10 Å². The zero-order valence-corrected chi connectivity index (χ0v) is 15.0. The van der Waals surface area contributed by atoms with Crippen LogP contribution in [0.1, 0.15) is 55.7 Å². The standard InChI is InChI=1S/C18H25N5O2/c1-4-25-16(24)14-6-5-7-15(12-14)23-17(20-21-22-23)18(19-3)10-8-13(2)9-11-18/h5-7,12-13,19H,4,8-11H2,1-3H3. The summed E-state index contributed by atoms with van der Waals surface area (Å²) in [5, 5.41) is 15.9. The normalized spacial score (nSPS) is 23.4. The van der Waals surface area contributed by atoms with Gasteiger partial charge in [-0.25, -0.2) is 4.79 Å². The molecular weight excluding hydrogens is 318 g/mol. The fourth-order valence-electron chi connectivity index (χ4n) is 3.48. The molecule has 0 amide bonds. The minimum atomic E-state index is -0.339. The molecule has 1 aromatic heterocycles. The zero-order valence-electron chi connectivity index (χ0n) is 15.0. The number of aromatic nitrogens is 4. The molecule has 1 fully saturated rings. The molecule has 0 unspecified atom stereocenters.